The molecule has 6 nitrogen and oxygen atoms in total. The standard InChI is InChI=1S/C16H20FN3O3/c1-11(2)23-7-3-6-18-15(21)9-20-10-19-14-8-12(17)4-5-13(14)16(20)22/h4-5,8,10-11H,3,6-7,9H2,1-2H3,(H,18,21). The van der Waals surface area contributed by atoms with Crippen molar-refractivity contribution in [2.75, 3.05) is 13.2 Å². The van der Waals surface area contributed by atoms with Crippen LogP contribution in [0.2, 0.25) is 0 Å². The Morgan fingerprint density at radius 3 is 2.96 bits per heavy atom. The number of nitrogens with one attached hydrogen (secondary N) is 1. The van der Waals surface area contributed by atoms with E-state index in [1.54, 1.807) is 0 Å². The van der Waals surface area contributed by atoms with Crippen LogP contribution in [-0.2, 0) is 16.1 Å². The molecule has 0 aliphatic heterocycles. The molecule has 2 aromatic rings. The predicted molar refractivity (Wildman–Crippen MR) is 84.7 cm³/mol. The molecule has 0 unspecified atom stereocenters. The molecule has 1 heterocycles. The third-order valence-electron chi connectivity index (χ3n) is 3.20. The highest BCUT2D eigenvalue weighted by Gasteiger charge is 2.08. The Morgan fingerprint density at radius 2 is 2.22 bits per heavy atom. The van der Waals surface area contributed by atoms with Crippen LogP contribution in [0.4, 0.5) is 4.39 Å². The van der Waals surface area contributed by atoms with E-state index in [-0.39, 0.29) is 35.0 Å². The zero-order valence-electron chi connectivity index (χ0n) is 13.2. The number of carbonyl (C=O) groups is 1. The lowest BCUT2D eigenvalue weighted by atomic mass is 10.2. The van der Waals surface area contributed by atoms with Crippen molar-refractivity contribution in [2.24, 2.45) is 0 Å². The fourth-order valence-electron chi connectivity index (χ4n) is 2.07. The molecule has 23 heavy (non-hydrogen) atoms. The number of nitrogens with zero attached hydrogens (tertiary/aromatic N) is 2. The number of fused-ring (bicyclic) bond motifs is 1. The molecular weight excluding hydrogens is 301 g/mol. The Kier molecular flexibility index (Phi) is 5.81. The molecule has 0 fully saturated rings. The first-order valence-corrected chi connectivity index (χ1v) is 7.50. The minimum atomic E-state index is -0.455. The lowest BCUT2D eigenvalue weighted by molar-refractivity contribution is -0.121. The van der Waals surface area contributed by atoms with Crippen LogP contribution in [0.5, 0.6) is 0 Å². The molecule has 1 aromatic carbocycles. The van der Waals surface area contributed by atoms with Crippen molar-refractivity contribution in [3.8, 4) is 0 Å². The summed E-state index contributed by atoms with van der Waals surface area (Å²) >= 11 is 0. The van der Waals surface area contributed by atoms with E-state index in [2.05, 4.69) is 10.3 Å². The second kappa shape index (κ2) is 7.82. The van der Waals surface area contributed by atoms with E-state index in [1.807, 2.05) is 13.8 Å². The first kappa shape index (κ1) is 17.1. The molecule has 0 aliphatic carbocycles. The van der Waals surface area contributed by atoms with Crippen LogP contribution in [-0.4, -0.2) is 34.7 Å². The van der Waals surface area contributed by atoms with Crippen LogP contribution in [0.15, 0.2) is 29.3 Å². The number of ether oxygens (including phenoxy) is 1. The summed E-state index contributed by atoms with van der Waals surface area (Å²) < 4.78 is 19.7. The van der Waals surface area contributed by atoms with Gasteiger partial charge in [-0.15, -0.1) is 0 Å². The number of benzene rings is 1. The van der Waals surface area contributed by atoms with Gasteiger partial charge in [0.1, 0.15) is 12.4 Å². The van der Waals surface area contributed by atoms with E-state index in [4.69, 9.17) is 4.74 Å². The lowest BCUT2D eigenvalue weighted by Gasteiger charge is -2.09. The van der Waals surface area contributed by atoms with Crippen molar-refractivity contribution in [2.45, 2.75) is 32.9 Å². The number of rotatable bonds is 7. The van der Waals surface area contributed by atoms with Gasteiger partial charge in [0.05, 0.1) is 23.3 Å². The van der Waals surface area contributed by atoms with Crippen molar-refractivity contribution in [3.05, 3.63) is 40.7 Å². The van der Waals surface area contributed by atoms with Gasteiger partial charge < -0.3 is 10.1 Å². The predicted octanol–water partition coefficient (Wildman–Crippen LogP) is 1.47. The maximum atomic E-state index is 13.1. The largest absolute Gasteiger partial charge is 0.379 e. The molecule has 0 bridgehead atoms. The number of carbonyl (C=O) groups excluding carboxylic acids is 1. The van der Waals surface area contributed by atoms with Gasteiger partial charge >= 0.3 is 0 Å². The Hall–Kier alpha value is -2.28. The normalized spacial score (nSPS) is 11.1. The highest BCUT2D eigenvalue weighted by Crippen LogP contribution is 2.08. The quantitative estimate of drug-likeness (QED) is 0.784. The first-order chi connectivity index (χ1) is 11.0. The summed E-state index contributed by atoms with van der Waals surface area (Å²) in [6.45, 7) is 4.82. The van der Waals surface area contributed by atoms with Crippen molar-refractivity contribution >= 4 is 16.8 Å². The van der Waals surface area contributed by atoms with Crippen LogP contribution in [0.1, 0.15) is 20.3 Å². The van der Waals surface area contributed by atoms with Crippen molar-refractivity contribution in [1.82, 2.24) is 14.9 Å². The number of aromatic nitrogens is 2. The summed E-state index contributed by atoms with van der Waals surface area (Å²) in [5, 5.41) is 3.01. The van der Waals surface area contributed by atoms with Crippen LogP contribution < -0.4 is 10.9 Å². The van der Waals surface area contributed by atoms with Crippen LogP contribution in [0, 0.1) is 5.82 Å². The second-order valence-corrected chi connectivity index (χ2v) is 5.46. The molecule has 7 heteroatoms. The first-order valence-electron chi connectivity index (χ1n) is 7.50. The maximum Gasteiger partial charge on any atom is 0.261 e. The fraction of sp³-hybridized carbons (Fsp3) is 0.438. The van der Waals surface area contributed by atoms with E-state index in [0.29, 0.717) is 19.6 Å². The molecule has 0 spiro atoms. The average Bonchev–Trinajstić information content (AvgIpc) is 2.49. The Labute approximate surface area is 133 Å². The molecule has 1 N–H and O–H groups in total. The van der Waals surface area contributed by atoms with Crippen LogP contribution >= 0.6 is 0 Å². The van der Waals surface area contributed by atoms with Gasteiger partial charge in [-0.3, -0.25) is 14.2 Å². The Morgan fingerprint density at radius 1 is 1.43 bits per heavy atom. The Bertz CT molecular complexity index is 743. The van der Waals surface area contributed by atoms with Crippen molar-refractivity contribution < 1.29 is 13.9 Å². The van der Waals surface area contributed by atoms with E-state index in [1.165, 1.54) is 29.1 Å². The topological polar surface area (TPSA) is 73.2 Å². The zero-order chi connectivity index (χ0) is 16.8. The number of hydrogen-bond acceptors (Lipinski definition) is 4. The van der Waals surface area contributed by atoms with Gasteiger partial charge in [0.15, 0.2) is 0 Å². The average molecular weight is 321 g/mol. The minimum absolute atomic E-state index is 0.121. The molecule has 0 aliphatic rings. The molecule has 2 rings (SSSR count). The van der Waals surface area contributed by atoms with Gasteiger partial charge in [0.2, 0.25) is 5.91 Å². The molecule has 0 saturated heterocycles. The van der Waals surface area contributed by atoms with Gasteiger partial charge in [-0.2, -0.15) is 0 Å². The molecule has 1 amide bonds. The van der Waals surface area contributed by atoms with E-state index in [9.17, 15) is 14.0 Å². The summed E-state index contributed by atoms with van der Waals surface area (Å²) in [4.78, 5) is 28.1. The molecule has 124 valence electrons. The molecule has 1 aromatic heterocycles. The highest BCUT2D eigenvalue weighted by molar-refractivity contribution is 5.78. The van der Waals surface area contributed by atoms with E-state index in [0.717, 1.165) is 0 Å². The molecule has 0 radical (unpaired) electrons. The van der Waals surface area contributed by atoms with Gasteiger partial charge in [0.25, 0.3) is 5.56 Å². The van der Waals surface area contributed by atoms with Gasteiger partial charge in [-0.05, 0) is 32.4 Å². The summed E-state index contributed by atoms with van der Waals surface area (Å²) in [5.41, 5.74) is -0.0919. The van der Waals surface area contributed by atoms with Crippen LogP contribution in [0.3, 0.4) is 0 Å². The second-order valence-electron chi connectivity index (χ2n) is 5.46. The van der Waals surface area contributed by atoms with Crippen LogP contribution in [0.25, 0.3) is 10.9 Å². The monoisotopic (exact) mass is 321 g/mol. The number of amides is 1. The third-order valence-corrected chi connectivity index (χ3v) is 3.20. The maximum absolute atomic E-state index is 13.1. The smallest absolute Gasteiger partial charge is 0.261 e. The van der Waals surface area contributed by atoms with Gasteiger partial charge in [-0.1, -0.05) is 0 Å². The molecule has 0 atom stereocenters. The minimum Gasteiger partial charge on any atom is -0.379 e. The summed E-state index contributed by atoms with van der Waals surface area (Å²) in [7, 11) is 0. The fourth-order valence-corrected chi connectivity index (χ4v) is 2.07. The SMILES string of the molecule is CC(C)OCCCNC(=O)Cn1cnc2cc(F)ccc2c1=O. The third kappa shape index (κ3) is 4.85. The number of hydrogen-bond donors (Lipinski definition) is 1. The number of halogens is 1. The zero-order valence-corrected chi connectivity index (χ0v) is 13.2. The van der Waals surface area contributed by atoms with E-state index >= 15 is 0 Å². The lowest BCUT2D eigenvalue weighted by Crippen LogP contribution is -2.33. The van der Waals surface area contributed by atoms with E-state index < -0.39 is 5.82 Å². The van der Waals surface area contributed by atoms with Crippen molar-refractivity contribution in [1.29, 1.82) is 0 Å². The van der Waals surface area contributed by atoms with Crippen molar-refractivity contribution in [3.63, 3.8) is 0 Å². The molecular formula is C16H20FN3O3. The summed E-state index contributed by atoms with van der Waals surface area (Å²) in [5.74, 6) is -0.733. The molecule has 0 saturated carbocycles. The summed E-state index contributed by atoms with van der Waals surface area (Å²) in [6.07, 6.45) is 2.12. The van der Waals surface area contributed by atoms with Gasteiger partial charge in [-0.25, -0.2) is 9.37 Å². The van der Waals surface area contributed by atoms with Gasteiger partial charge in [0, 0.05) is 19.2 Å². The highest BCUT2D eigenvalue weighted by atomic mass is 19.1. The summed E-state index contributed by atoms with van der Waals surface area (Å²) in [6, 6.07) is 3.76. The Balaban J connectivity index is 1.94.